The standard InChI is InChI=1S/C8H8F5N3/c9-7(10)3-1-4(15)6(8(11,12)13)16-5(3)2-14/h1,7H,2,14-15H2. The number of nitrogens with two attached hydrogens (primary N) is 2. The molecule has 0 bridgehead atoms. The highest BCUT2D eigenvalue weighted by molar-refractivity contribution is 5.48. The molecule has 0 amide bonds. The quantitative estimate of drug-likeness (QED) is 0.779. The SMILES string of the molecule is NCc1nc(C(F)(F)F)c(N)cc1C(F)F. The Balaban J connectivity index is 3.37. The summed E-state index contributed by atoms with van der Waals surface area (Å²) in [6.45, 7) is -0.511. The molecule has 4 N–H and O–H groups in total. The smallest absolute Gasteiger partial charge is 0.397 e. The first-order valence-electron chi connectivity index (χ1n) is 4.12. The number of pyridine rings is 1. The minimum atomic E-state index is -4.78. The van der Waals surface area contributed by atoms with Gasteiger partial charge in [0.1, 0.15) is 0 Å². The summed E-state index contributed by atoms with van der Waals surface area (Å²) in [4.78, 5) is 3.03. The lowest BCUT2D eigenvalue weighted by Gasteiger charge is -2.13. The van der Waals surface area contributed by atoms with Crippen molar-refractivity contribution >= 4 is 5.69 Å². The van der Waals surface area contributed by atoms with E-state index in [9.17, 15) is 22.0 Å². The zero-order chi connectivity index (χ0) is 12.5. The Kier molecular flexibility index (Phi) is 3.32. The number of rotatable bonds is 2. The number of nitrogens with zero attached hydrogens (tertiary/aromatic N) is 1. The molecular weight excluding hydrogens is 233 g/mol. The number of aromatic nitrogens is 1. The van der Waals surface area contributed by atoms with Gasteiger partial charge in [-0.1, -0.05) is 0 Å². The van der Waals surface area contributed by atoms with E-state index in [0.29, 0.717) is 6.07 Å². The first-order chi connectivity index (χ1) is 7.27. The molecule has 0 aliphatic rings. The first kappa shape index (κ1) is 12.6. The first-order valence-corrected chi connectivity index (χ1v) is 4.12. The van der Waals surface area contributed by atoms with Crippen molar-refractivity contribution in [3.63, 3.8) is 0 Å². The van der Waals surface area contributed by atoms with Gasteiger partial charge in [0.25, 0.3) is 6.43 Å². The monoisotopic (exact) mass is 241 g/mol. The molecule has 0 atom stereocenters. The van der Waals surface area contributed by atoms with E-state index >= 15 is 0 Å². The van der Waals surface area contributed by atoms with E-state index in [2.05, 4.69) is 4.98 Å². The van der Waals surface area contributed by atoms with Gasteiger partial charge >= 0.3 is 6.18 Å². The topological polar surface area (TPSA) is 64.9 Å². The minimum Gasteiger partial charge on any atom is -0.397 e. The van der Waals surface area contributed by atoms with Gasteiger partial charge in [-0.3, -0.25) is 0 Å². The predicted molar refractivity (Wildman–Crippen MR) is 46.5 cm³/mol. The lowest BCUT2D eigenvalue weighted by molar-refractivity contribution is -0.140. The summed E-state index contributed by atoms with van der Waals surface area (Å²) in [6.07, 6.45) is -7.75. The molecule has 0 spiro atoms. The van der Waals surface area contributed by atoms with E-state index in [4.69, 9.17) is 11.5 Å². The van der Waals surface area contributed by atoms with Crippen LogP contribution < -0.4 is 11.5 Å². The molecular formula is C8H8F5N3. The minimum absolute atomic E-state index is 0.503. The average Bonchev–Trinajstić information content (AvgIpc) is 2.15. The summed E-state index contributed by atoms with van der Waals surface area (Å²) in [6, 6.07) is 0.558. The van der Waals surface area contributed by atoms with Crippen LogP contribution in [0.4, 0.5) is 27.6 Å². The number of hydrogen-bond acceptors (Lipinski definition) is 3. The van der Waals surface area contributed by atoms with Gasteiger partial charge in [-0.05, 0) is 6.07 Å². The zero-order valence-electron chi connectivity index (χ0n) is 7.85. The summed E-state index contributed by atoms with van der Waals surface area (Å²) in [5.41, 5.74) is 6.66. The molecule has 90 valence electrons. The van der Waals surface area contributed by atoms with Crippen LogP contribution in [0.15, 0.2) is 6.07 Å². The van der Waals surface area contributed by atoms with Crippen molar-refractivity contribution in [2.75, 3.05) is 5.73 Å². The molecule has 0 aliphatic heterocycles. The maximum atomic E-state index is 12.4. The largest absolute Gasteiger partial charge is 0.435 e. The Morgan fingerprint density at radius 3 is 2.25 bits per heavy atom. The highest BCUT2D eigenvalue weighted by Crippen LogP contribution is 2.34. The number of alkyl halides is 5. The van der Waals surface area contributed by atoms with Crippen LogP contribution in [-0.2, 0) is 12.7 Å². The fraction of sp³-hybridized carbons (Fsp3) is 0.375. The van der Waals surface area contributed by atoms with E-state index in [1.54, 1.807) is 0 Å². The molecule has 1 aromatic rings. The van der Waals surface area contributed by atoms with E-state index in [0.717, 1.165) is 0 Å². The van der Waals surface area contributed by atoms with Crippen LogP contribution in [0.5, 0.6) is 0 Å². The van der Waals surface area contributed by atoms with Gasteiger partial charge in [-0.2, -0.15) is 13.2 Å². The van der Waals surface area contributed by atoms with Gasteiger partial charge in [-0.25, -0.2) is 13.8 Å². The third kappa shape index (κ3) is 2.38. The molecule has 16 heavy (non-hydrogen) atoms. The molecule has 0 aromatic carbocycles. The maximum Gasteiger partial charge on any atom is 0.435 e. The van der Waals surface area contributed by atoms with E-state index in [1.165, 1.54) is 0 Å². The van der Waals surface area contributed by atoms with Gasteiger partial charge in [0, 0.05) is 12.1 Å². The Hall–Kier alpha value is -1.44. The Morgan fingerprint density at radius 2 is 1.88 bits per heavy atom. The lowest BCUT2D eigenvalue weighted by atomic mass is 10.1. The van der Waals surface area contributed by atoms with Crippen molar-refractivity contribution in [3.8, 4) is 0 Å². The number of nitrogen functional groups attached to an aromatic ring is 1. The van der Waals surface area contributed by atoms with E-state index in [1.807, 2.05) is 0 Å². The van der Waals surface area contributed by atoms with Crippen molar-refractivity contribution < 1.29 is 22.0 Å². The van der Waals surface area contributed by atoms with Gasteiger partial charge in [0.15, 0.2) is 5.69 Å². The zero-order valence-corrected chi connectivity index (χ0v) is 7.85. The Labute approximate surface area is 87.3 Å². The third-order valence-corrected chi connectivity index (χ3v) is 1.86. The molecule has 0 saturated carbocycles. The van der Waals surface area contributed by atoms with Crippen molar-refractivity contribution in [1.29, 1.82) is 0 Å². The summed E-state index contributed by atoms with van der Waals surface area (Å²) < 4.78 is 61.8. The predicted octanol–water partition coefficient (Wildman–Crippen LogP) is 2.08. The van der Waals surface area contributed by atoms with E-state index < -0.39 is 41.8 Å². The lowest BCUT2D eigenvalue weighted by Crippen LogP contribution is -2.16. The van der Waals surface area contributed by atoms with Crippen LogP contribution in [0.2, 0.25) is 0 Å². The molecule has 0 radical (unpaired) electrons. The Morgan fingerprint density at radius 1 is 1.31 bits per heavy atom. The fourth-order valence-electron chi connectivity index (χ4n) is 1.16. The molecule has 0 unspecified atom stereocenters. The second-order valence-electron chi connectivity index (χ2n) is 2.96. The summed E-state index contributed by atoms with van der Waals surface area (Å²) in [5, 5.41) is 0. The molecule has 8 heteroatoms. The molecule has 0 fully saturated rings. The van der Waals surface area contributed by atoms with Crippen LogP contribution in [0.25, 0.3) is 0 Å². The van der Waals surface area contributed by atoms with Crippen LogP contribution in [0.3, 0.4) is 0 Å². The third-order valence-electron chi connectivity index (χ3n) is 1.86. The fourth-order valence-corrected chi connectivity index (χ4v) is 1.16. The van der Waals surface area contributed by atoms with Crippen molar-refractivity contribution in [1.82, 2.24) is 4.98 Å². The molecule has 3 nitrogen and oxygen atoms in total. The number of halogens is 5. The van der Waals surface area contributed by atoms with Crippen molar-refractivity contribution in [3.05, 3.63) is 23.0 Å². The summed E-state index contributed by atoms with van der Waals surface area (Å²) >= 11 is 0. The van der Waals surface area contributed by atoms with E-state index in [-0.39, 0.29) is 0 Å². The van der Waals surface area contributed by atoms with Crippen LogP contribution in [0.1, 0.15) is 23.4 Å². The second kappa shape index (κ2) is 4.20. The highest BCUT2D eigenvalue weighted by atomic mass is 19.4. The molecule has 0 aliphatic carbocycles. The number of hydrogen-bond donors (Lipinski definition) is 2. The van der Waals surface area contributed by atoms with Crippen molar-refractivity contribution in [2.24, 2.45) is 5.73 Å². The van der Waals surface area contributed by atoms with Gasteiger partial charge in [0.2, 0.25) is 0 Å². The normalized spacial score (nSPS) is 12.2. The van der Waals surface area contributed by atoms with Crippen LogP contribution in [0, 0.1) is 0 Å². The Bertz CT molecular complexity index is 388. The average molecular weight is 241 g/mol. The maximum absolute atomic E-state index is 12.4. The van der Waals surface area contributed by atoms with Gasteiger partial charge < -0.3 is 11.5 Å². The van der Waals surface area contributed by atoms with Crippen LogP contribution in [-0.4, -0.2) is 4.98 Å². The molecule has 1 heterocycles. The molecule has 0 saturated heterocycles. The second-order valence-corrected chi connectivity index (χ2v) is 2.96. The number of anilines is 1. The highest BCUT2D eigenvalue weighted by Gasteiger charge is 2.36. The van der Waals surface area contributed by atoms with Crippen molar-refractivity contribution in [2.45, 2.75) is 19.1 Å². The summed E-state index contributed by atoms with van der Waals surface area (Å²) in [5.74, 6) is 0. The summed E-state index contributed by atoms with van der Waals surface area (Å²) in [7, 11) is 0. The van der Waals surface area contributed by atoms with Gasteiger partial charge in [-0.15, -0.1) is 0 Å². The molecule has 1 rings (SSSR count). The van der Waals surface area contributed by atoms with Crippen LogP contribution >= 0.6 is 0 Å². The van der Waals surface area contributed by atoms with Gasteiger partial charge in [0.05, 0.1) is 11.4 Å². The molecule has 1 aromatic heterocycles.